The monoisotopic (exact) mass is 379 g/mol. The Kier molecular flexibility index (Phi) is 4.51. The molecule has 2 N–H and O–H groups in total. The van der Waals surface area contributed by atoms with Crippen LogP contribution in [0.3, 0.4) is 0 Å². The van der Waals surface area contributed by atoms with Gasteiger partial charge in [-0.05, 0) is 38.1 Å². The fourth-order valence-corrected chi connectivity index (χ4v) is 3.46. The lowest BCUT2D eigenvalue weighted by atomic mass is 10.3. The van der Waals surface area contributed by atoms with Gasteiger partial charge in [0.05, 0.1) is 10.2 Å². The number of rotatable bonds is 4. The minimum atomic E-state index is -0.399. The SMILES string of the molecule is CC(C)n1cnnc1-c1cccc(NC(=O)Nc2nc3ccccc3s2)n1. The molecule has 8 nitrogen and oxygen atoms in total. The molecule has 9 heteroatoms. The molecular formula is C18H17N7OS. The molecule has 0 radical (unpaired) electrons. The molecular weight excluding hydrogens is 362 g/mol. The van der Waals surface area contributed by atoms with E-state index < -0.39 is 6.03 Å². The zero-order valence-corrected chi connectivity index (χ0v) is 15.6. The number of aromatic nitrogens is 5. The van der Waals surface area contributed by atoms with Crippen LogP contribution < -0.4 is 10.6 Å². The number of amides is 2. The summed E-state index contributed by atoms with van der Waals surface area (Å²) in [5.41, 5.74) is 1.49. The van der Waals surface area contributed by atoms with E-state index in [4.69, 9.17) is 0 Å². The number of carbonyl (C=O) groups is 1. The Balaban J connectivity index is 1.50. The van der Waals surface area contributed by atoms with Crippen LogP contribution >= 0.6 is 11.3 Å². The summed E-state index contributed by atoms with van der Waals surface area (Å²) in [5.74, 6) is 1.07. The third-order valence-corrected chi connectivity index (χ3v) is 4.82. The van der Waals surface area contributed by atoms with Crippen molar-refractivity contribution in [2.24, 2.45) is 0 Å². The van der Waals surface area contributed by atoms with Gasteiger partial charge in [0.2, 0.25) is 0 Å². The van der Waals surface area contributed by atoms with Gasteiger partial charge in [-0.25, -0.2) is 14.8 Å². The summed E-state index contributed by atoms with van der Waals surface area (Å²) >= 11 is 1.42. The van der Waals surface area contributed by atoms with E-state index >= 15 is 0 Å². The van der Waals surface area contributed by atoms with Gasteiger partial charge in [0, 0.05) is 6.04 Å². The highest BCUT2D eigenvalue weighted by atomic mass is 32.1. The molecule has 0 aliphatic heterocycles. The number of nitrogens with one attached hydrogen (secondary N) is 2. The van der Waals surface area contributed by atoms with Crippen molar-refractivity contribution in [3.8, 4) is 11.5 Å². The van der Waals surface area contributed by atoms with Crippen LogP contribution in [0.15, 0.2) is 48.8 Å². The van der Waals surface area contributed by atoms with Gasteiger partial charge < -0.3 is 4.57 Å². The molecule has 4 rings (SSSR count). The summed E-state index contributed by atoms with van der Waals surface area (Å²) in [7, 11) is 0. The highest BCUT2D eigenvalue weighted by Crippen LogP contribution is 2.25. The summed E-state index contributed by atoms with van der Waals surface area (Å²) in [6, 6.07) is 12.9. The lowest BCUT2D eigenvalue weighted by molar-refractivity contribution is 0.262. The maximum absolute atomic E-state index is 12.3. The van der Waals surface area contributed by atoms with Crippen LogP contribution in [0.5, 0.6) is 0 Å². The van der Waals surface area contributed by atoms with Gasteiger partial charge in [0.1, 0.15) is 17.8 Å². The van der Waals surface area contributed by atoms with Crippen molar-refractivity contribution in [3.63, 3.8) is 0 Å². The smallest absolute Gasteiger partial charge is 0.310 e. The molecule has 4 aromatic rings. The van der Waals surface area contributed by atoms with E-state index in [0.717, 1.165) is 10.2 Å². The number of anilines is 2. The first-order valence-corrected chi connectivity index (χ1v) is 9.22. The number of carbonyl (C=O) groups excluding carboxylic acids is 1. The number of hydrogen-bond donors (Lipinski definition) is 2. The molecule has 27 heavy (non-hydrogen) atoms. The standard InChI is InChI=1S/C18H17N7OS/c1-11(2)25-10-19-24-16(25)13-7-5-9-15(20-13)22-17(26)23-18-21-12-6-3-4-8-14(12)27-18/h3-11H,1-2H3,(H2,20,21,22,23,26). The highest BCUT2D eigenvalue weighted by molar-refractivity contribution is 7.22. The van der Waals surface area contributed by atoms with Crippen LogP contribution in [0.1, 0.15) is 19.9 Å². The number of urea groups is 1. The van der Waals surface area contributed by atoms with Crippen LogP contribution in [0, 0.1) is 0 Å². The van der Waals surface area contributed by atoms with Crippen molar-refractivity contribution in [1.29, 1.82) is 0 Å². The van der Waals surface area contributed by atoms with Crippen molar-refractivity contribution in [3.05, 3.63) is 48.8 Å². The lowest BCUT2D eigenvalue weighted by Crippen LogP contribution is -2.20. The van der Waals surface area contributed by atoms with E-state index in [0.29, 0.717) is 22.5 Å². The van der Waals surface area contributed by atoms with Gasteiger partial charge in [-0.15, -0.1) is 10.2 Å². The van der Waals surface area contributed by atoms with Crippen LogP contribution in [-0.4, -0.2) is 30.8 Å². The van der Waals surface area contributed by atoms with Gasteiger partial charge in [-0.3, -0.25) is 10.6 Å². The highest BCUT2D eigenvalue weighted by Gasteiger charge is 2.13. The van der Waals surface area contributed by atoms with Crippen molar-refractivity contribution in [2.75, 3.05) is 10.6 Å². The number of nitrogens with zero attached hydrogens (tertiary/aromatic N) is 5. The Labute approximate surface area is 159 Å². The van der Waals surface area contributed by atoms with Crippen LogP contribution in [0.25, 0.3) is 21.7 Å². The summed E-state index contributed by atoms with van der Waals surface area (Å²) in [6.45, 7) is 4.08. The molecule has 136 valence electrons. The zero-order valence-electron chi connectivity index (χ0n) is 14.7. The maximum atomic E-state index is 12.3. The predicted octanol–water partition coefficient (Wildman–Crippen LogP) is 4.17. The van der Waals surface area contributed by atoms with E-state index in [2.05, 4.69) is 30.8 Å². The lowest BCUT2D eigenvalue weighted by Gasteiger charge is -2.10. The third-order valence-electron chi connectivity index (χ3n) is 3.86. The molecule has 0 bridgehead atoms. The second-order valence-corrected chi connectivity index (χ2v) is 7.16. The van der Waals surface area contributed by atoms with Crippen molar-refractivity contribution in [2.45, 2.75) is 19.9 Å². The fourth-order valence-electron chi connectivity index (χ4n) is 2.60. The van der Waals surface area contributed by atoms with Crippen LogP contribution in [0.4, 0.5) is 15.7 Å². The Bertz CT molecular complexity index is 1070. The average Bonchev–Trinajstić information content (AvgIpc) is 3.28. The quantitative estimate of drug-likeness (QED) is 0.554. The number of benzene rings is 1. The maximum Gasteiger partial charge on any atom is 0.326 e. The topological polar surface area (TPSA) is 97.6 Å². The van der Waals surface area contributed by atoms with Crippen molar-refractivity contribution < 1.29 is 4.79 Å². The van der Waals surface area contributed by atoms with E-state index in [1.165, 1.54) is 11.3 Å². The Morgan fingerprint density at radius 3 is 2.74 bits per heavy atom. The molecule has 0 saturated heterocycles. The third kappa shape index (κ3) is 3.63. The predicted molar refractivity (Wildman–Crippen MR) is 106 cm³/mol. The van der Waals surface area contributed by atoms with E-state index in [9.17, 15) is 4.79 Å². The number of thiazole rings is 1. The average molecular weight is 379 g/mol. The summed E-state index contributed by atoms with van der Waals surface area (Å²) in [6.07, 6.45) is 1.67. The molecule has 0 unspecified atom stereocenters. The van der Waals surface area contributed by atoms with Gasteiger partial charge in [-0.2, -0.15) is 0 Å². The molecule has 0 aliphatic rings. The fraction of sp³-hybridized carbons (Fsp3) is 0.167. The summed E-state index contributed by atoms with van der Waals surface area (Å²) in [5, 5.41) is 14.1. The zero-order chi connectivity index (χ0) is 18.8. The Hall–Kier alpha value is -3.33. The summed E-state index contributed by atoms with van der Waals surface area (Å²) < 4.78 is 2.94. The molecule has 0 saturated carbocycles. The first-order chi connectivity index (χ1) is 13.1. The van der Waals surface area contributed by atoms with Gasteiger partial charge in [0.15, 0.2) is 11.0 Å². The summed E-state index contributed by atoms with van der Waals surface area (Å²) in [4.78, 5) is 21.2. The number of fused-ring (bicyclic) bond motifs is 1. The Morgan fingerprint density at radius 2 is 1.93 bits per heavy atom. The second kappa shape index (κ2) is 7.12. The van der Waals surface area contributed by atoms with E-state index in [1.54, 1.807) is 12.4 Å². The van der Waals surface area contributed by atoms with Crippen molar-refractivity contribution in [1.82, 2.24) is 24.7 Å². The molecule has 0 fully saturated rings. The molecule has 0 aliphatic carbocycles. The first kappa shape index (κ1) is 17.1. The molecule has 1 aromatic carbocycles. The van der Waals surface area contributed by atoms with Gasteiger partial charge >= 0.3 is 6.03 Å². The van der Waals surface area contributed by atoms with Crippen LogP contribution in [0.2, 0.25) is 0 Å². The van der Waals surface area contributed by atoms with Gasteiger partial charge in [-0.1, -0.05) is 29.5 Å². The Morgan fingerprint density at radius 1 is 1.07 bits per heavy atom. The molecule has 3 heterocycles. The molecule has 0 spiro atoms. The molecule has 0 atom stereocenters. The van der Waals surface area contributed by atoms with Crippen molar-refractivity contribution >= 4 is 38.5 Å². The van der Waals surface area contributed by atoms with Gasteiger partial charge in [0.25, 0.3) is 0 Å². The largest absolute Gasteiger partial charge is 0.326 e. The second-order valence-electron chi connectivity index (χ2n) is 6.13. The van der Waals surface area contributed by atoms with Crippen LogP contribution in [-0.2, 0) is 0 Å². The number of pyridine rings is 1. The minimum Gasteiger partial charge on any atom is -0.310 e. The first-order valence-electron chi connectivity index (χ1n) is 8.40. The van der Waals surface area contributed by atoms with E-state index in [1.807, 2.05) is 54.8 Å². The molecule has 3 aromatic heterocycles. The molecule has 2 amide bonds. The normalized spacial score (nSPS) is 11.1. The number of para-hydroxylation sites is 1. The van der Waals surface area contributed by atoms with E-state index in [-0.39, 0.29) is 6.04 Å². The minimum absolute atomic E-state index is 0.204. The number of hydrogen-bond acceptors (Lipinski definition) is 6.